The fraction of sp³-hybridized carbons (Fsp3) is 0.429. The highest BCUT2D eigenvalue weighted by Gasteiger charge is 2.24. The molecule has 1 amide bonds. The predicted molar refractivity (Wildman–Crippen MR) is 69.8 cm³/mol. The first-order chi connectivity index (χ1) is 9.52. The molecule has 0 aliphatic carbocycles. The van der Waals surface area contributed by atoms with Crippen molar-refractivity contribution in [2.24, 2.45) is 11.7 Å². The lowest BCUT2D eigenvalue weighted by Crippen LogP contribution is -2.35. The van der Waals surface area contributed by atoms with Crippen LogP contribution >= 0.6 is 0 Å². The van der Waals surface area contributed by atoms with Crippen LogP contribution in [0.15, 0.2) is 12.1 Å². The number of rotatable bonds is 3. The van der Waals surface area contributed by atoms with Crippen molar-refractivity contribution >= 4 is 11.6 Å². The number of halogens is 2. The highest BCUT2D eigenvalue weighted by atomic mass is 19.2. The molecular formula is C14H15F2N3O. The van der Waals surface area contributed by atoms with Gasteiger partial charge >= 0.3 is 0 Å². The van der Waals surface area contributed by atoms with E-state index >= 15 is 0 Å². The molecule has 0 bridgehead atoms. The first kappa shape index (κ1) is 14.3. The summed E-state index contributed by atoms with van der Waals surface area (Å²) in [6.07, 6.45) is 1.76. The molecule has 4 nitrogen and oxygen atoms in total. The van der Waals surface area contributed by atoms with Crippen molar-refractivity contribution in [3.8, 4) is 6.07 Å². The number of anilines is 1. The van der Waals surface area contributed by atoms with Crippen molar-refractivity contribution in [1.29, 1.82) is 5.26 Å². The summed E-state index contributed by atoms with van der Waals surface area (Å²) in [4.78, 5) is 12.6. The van der Waals surface area contributed by atoms with Crippen molar-refractivity contribution in [3.63, 3.8) is 0 Å². The van der Waals surface area contributed by atoms with Crippen LogP contribution in [0.1, 0.15) is 24.8 Å². The van der Waals surface area contributed by atoms with E-state index in [0.717, 1.165) is 0 Å². The minimum absolute atomic E-state index is 0.166. The molecule has 1 aliphatic rings. The van der Waals surface area contributed by atoms with E-state index < -0.39 is 11.6 Å². The number of nitriles is 1. The highest BCUT2D eigenvalue weighted by Crippen LogP contribution is 2.29. The Morgan fingerprint density at radius 1 is 1.35 bits per heavy atom. The Morgan fingerprint density at radius 2 is 2.00 bits per heavy atom. The second-order valence-electron chi connectivity index (χ2n) is 4.97. The molecule has 1 aromatic rings. The zero-order valence-electron chi connectivity index (χ0n) is 10.9. The second kappa shape index (κ2) is 5.87. The van der Waals surface area contributed by atoms with Gasteiger partial charge in [-0.1, -0.05) is 0 Å². The van der Waals surface area contributed by atoms with E-state index in [0.29, 0.717) is 32.4 Å². The van der Waals surface area contributed by atoms with Crippen LogP contribution in [0, 0.1) is 28.9 Å². The van der Waals surface area contributed by atoms with Crippen LogP contribution < -0.4 is 10.6 Å². The summed E-state index contributed by atoms with van der Waals surface area (Å²) < 4.78 is 27.5. The second-order valence-corrected chi connectivity index (χ2v) is 4.97. The lowest BCUT2D eigenvalue weighted by atomic mass is 9.93. The summed E-state index contributed by atoms with van der Waals surface area (Å²) in [7, 11) is 0. The largest absolute Gasteiger partial charge is 0.370 e. The highest BCUT2D eigenvalue weighted by molar-refractivity contribution is 5.74. The Hall–Kier alpha value is -2.16. The number of nitrogens with zero attached hydrogens (tertiary/aromatic N) is 2. The minimum Gasteiger partial charge on any atom is -0.370 e. The summed E-state index contributed by atoms with van der Waals surface area (Å²) in [5, 5.41) is 8.65. The van der Waals surface area contributed by atoms with Gasteiger partial charge in [0.1, 0.15) is 6.07 Å². The molecule has 106 valence electrons. The number of carbonyl (C=O) groups is 1. The normalized spacial score (nSPS) is 15.9. The number of nitrogens with two attached hydrogens (primary N) is 1. The summed E-state index contributed by atoms with van der Waals surface area (Å²) in [5.74, 6) is -2.23. The first-order valence-electron chi connectivity index (χ1n) is 6.44. The molecule has 2 N–H and O–H groups in total. The fourth-order valence-corrected chi connectivity index (χ4v) is 2.53. The van der Waals surface area contributed by atoms with Gasteiger partial charge in [0.15, 0.2) is 11.6 Å². The van der Waals surface area contributed by atoms with Gasteiger partial charge in [-0.2, -0.15) is 5.26 Å². The number of primary amides is 1. The standard InChI is InChI=1S/C14H15F2N3O/c15-13-10(8-17)1-2-11(14(13)16)19-5-3-9(4-6-19)7-12(18)20/h1-2,9H,3-7H2,(H2,18,20). The molecule has 0 spiro atoms. The number of amides is 1. The summed E-state index contributed by atoms with van der Waals surface area (Å²) in [6, 6.07) is 4.31. The Kier molecular flexibility index (Phi) is 4.18. The summed E-state index contributed by atoms with van der Waals surface area (Å²) in [5.41, 5.74) is 5.02. The van der Waals surface area contributed by atoms with Crippen molar-refractivity contribution in [1.82, 2.24) is 0 Å². The van der Waals surface area contributed by atoms with Gasteiger partial charge in [-0.15, -0.1) is 0 Å². The van der Waals surface area contributed by atoms with Gasteiger partial charge in [0, 0.05) is 19.5 Å². The molecule has 0 saturated carbocycles. The Labute approximate surface area is 115 Å². The van der Waals surface area contributed by atoms with Crippen LogP contribution in [0.25, 0.3) is 0 Å². The van der Waals surface area contributed by atoms with Gasteiger partial charge in [-0.25, -0.2) is 8.78 Å². The zero-order chi connectivity index (χ0) is 14.7. The molecular weight excluding hydrogens is 264 g/mol. The van der Waals surface area contributed by atoms with Crippen LogP contribution in [-0.2, 0) is 4.79 Å². The number of carbonyl (C=O) groups excluding carboxylic acids is 1. The molecule has 1 aromatic carbocycles. The Balaban J connectivity index is 2.10. The zero-order valence-corrected chi connectivity index (χ0v) is 10.9. The first-order valence-corrected chi connectivity index (χ1v) is 6.44. The van der Waals surface area contributed by atoms with Crippen molar-refractivity contribution in [2.45, 2.75) is 19.3 Å². The lowest BCUT2D eigenvalue weighted by molar-refractivity contribution is -0.119. The van der Waals surface area contributed by atoms with Crippen molar-refractivity contribution in [2.75, 3.05) is 18.0 Å². The van der Waals surface area contributed by atoms with Crippen LogP contribution in [0.3, 0.4) is 0 Å². The minimum atomic E-state index is -1.11. The monoisotopic (exact) mass is 279 g/mol. The number of piperidine rings is 1. The molecule has 20 heavy (non-hydrogen) atoms. The van der Waals surface area contributed by atoms with Gasteiger partial charge in [0.2, 0.25) is 5.91 Å². The van der Waals surface area contributed by atoms with Crippen LogP contribution in [0.5, 0.6) is 0 Å². The van der Waals surface area contributed by atoms with Gasteiger partial charge < -0.3 is 10.6 Å². The Bertz CT molecular complexity index is 560. The molecule has 6 heteroatoms. The van der Waals surface area contributed by atoms with Crippen LogP contribution in [-0.4, -0.2) is 19.0 Å². The van der Waals surface area contributed by atoms with Gasteiger partial charge in [-0.3, -0.25) is 4.79 Å². The fourth-order valence-electron chi connectivity index (χ4n) is 2.53. The molecule has 1 fully saturated rings. The summed E-state index contributed by atoms with van der Waals surface area (Å²) in [6.45, 7) is 1.08. The van der Waals surface area contributed by atoms with E-state index in [9.17, 15) is 13.6 Å². The molecule has 0 aromatic heterocycles. The summed E-state index contributed by atoms with van der Waals surface area (Å²) >= 11 is 0. The van der Waals surface area contributed by atoms with Crippen molar-refractivity contribution < 1.29 is 13.6 Å². The molecule has 0 atom stereocenters. The number of hydrogen-bond acceptors (Lipinski definition) is 3. The van der Waals surface area contributed by atoms with E-state index in [1.165, 1.54) is 12.1 Å². The third-order valence-corrected chi connectivity index (χ3v) is 3.63. The van der Waals surface area contributed by atoms with E-state index in [1.807, 2.05) is 0 Å². The molecule has 1 aliphatic heterocycles. The Morgan fingerprint density at radius 3 is 2.55 bits per heavy atom. The maximum absolute atomic E-state index is 13.9. The number of hydrogen-bond donors (Lipinski definition) is 1. The SMILES string of the molecule is N#Cc1ccc(N2CCC(CC(N)=O)CC2)c(F)c1F. The van der Waals surface area contributed by atoms with Gasteiger partial charge in [-0.05, 0) is 30.9 Å². The molecule has 0 unspecified atom stereocenters. The van der Waals surface area contributed by atoms with Crippen LogP contribution in [0.4, 0.5) is 14.5 Å². The quantitative estimate of drug-likeness (QED) is 0.919. The van der Waals surface area contributed by atoms with Crippen LogP contribution in [0.2, 0.25) is 0 Å². The molecule has 1 heterocycles. The van der Waals surface area contributed by atoms with E-state index in [-0.39, 0.29) is 23.1 Å². The van der Waals surface area contributed by atoms with Gasteiger partial charge in [0.05, 0.1) is 11.3 Å². The smallest absolute Gasteiger partial charge is 0.217 e. The average Bonchev–Trinajstić information content (AvgIpc) is 2.42. The average molecular weight is 279 g/mol. The third-order valence-electron chi connectivity index (χ3n) is 3.63. The molecule has 2 rings (SSSR count). The topological polar surface area (TPSA) is 70.1 Å². The van der Waals surface area contributed by atoms with E-state index in [4.69, 9.17) is 11.0 Å². The third kappa shape index (κ3) is 2.87. The van der Waals surface area contributed by atoms with Crippen molar-refractivity contribution in [3.05, 3.63) is 29.3 Å². The molecule has 0 radical (unpaired) electrons. The predicted octanol–water partition coefficient (Wildman–Crippen LogP) is 1.93. The van der Waals surface area contributed by atoms with E-state index in [1.54, 1.807) is 11.0 Å². The molecule has 1 saturated heterocycles. The maximum Gasteiger partial charge on any atom is 0.217 e. The van der Waals surface area contributed by atoms with Gasteiger partial charge in [0.25, 0.3) is 0 Å². The number of benzene rings is 1. The van der Waals surface area contributed by atoms with E-state index in [2.05, 4.69) is 0 Å². The maximum atomic E-state index is 13.9. The lowest BCUT2D eigenvalue weighted by Gasteiger charge is -2.33.